The predicted octanol–water partition coefficient (Wildman–Crippen LogP) is 2.13. The molecule has 114 valence electrons. The van der Waals surface area contributed by atoms with Crippen LogP contribution in [-0.2, 0) is 11.3 Å². The van der Waals surface area contributed by atoms with E-state index in [2.05, 4.69) is 5.32 Å². The molecule has 2 aromatic rings. The number of amides is 2. The summed E-state index contributed by atoms with van der Waals surface area (Å²) in [5, 5.41) is 3.35. The van der Waals surface area contributed by atoms with Gasteiger partial charge in [0.25, 0.3) is 11.8 Å². The van der Waals surface area contributed by atoms with Gasteiger partial charge in [-0.05, 0) is 23.8 Å². The van der Waals surface area contributed by atoms with Crippen LogP contribution in [0.5, 0.6) is 5.75 Å². The molecule has 0 heterocycles. The third-order valence-electron chi connectivity index (χ3n) is 2.90. The number of rotatable bonds is 6. The van der Waals surface area contributed by atoms with Gasteiger partial charge in [-0.3, -0.25) is 9.59 Å². The van der Waals surface area contributed by atoms with Gasteiger partial charge in [0, 0.05) is 11.6 Å². The van der Waals surface area contributed by atoms with E-state index < -0.39 is 5.91 Å². The van der Waals surface area contributed by atoms with Gasteiger partial charge in [0.2, 0.25) is 0 Å². The van der Waals surface area contributed by atoms with Crippen molar-refractivity contribution in [1.82, 2.24) is 5.32 Å². The average molecular weight is 319 g/mol. The molecule has 2 aromatic carbocycles. The number of carbonyl (C=O) groups is 2. The van der Waals surface area contributed by atoms with E-state index in [0.29, 0.717) is 22.9 Å². The minimum absolute atomic E-state index is 0.283. The van der Waals surface area contributed by atoms with Crippen LogP contribution in [0, 0.1) is 0 Å². The SMILES string of the molecule is NC(=O)COc1ccccc1C(=O)NCc1ccccc1Cl. The number of halogens is 1. The second kappa shape index (κ2) is 7.47. The zero-order valence-electron chi connectivity index (χ0n) is 11.7. The summed E-state index contributed by atoms with van der Waals surface area (Å²) in [6, 6.07) is 13.9. The van der Waals surface area contributed by atoms with Crippen molar-refractivity contribution < 1.29 is 14.3 Å². The van der Waals surface area contributed by atoms with Gasteiger partial charge in [-0.15, -0.1) is 0 Å². The quantitative estimate of drug-likeness (QED) is 0.856. The Kier molecular flexibility index (Phi) is 5.38. The van der Waals surface area contributed by atoms with Gasteiger partial charge >= 0.3 is 0 Å². The van der Waals surface area contributed by atoms with Crippen molar-refractivity contribution in [1.29, 1.82) is 0 Å². The number of ether oxygens (including phenoxy) is 1. The summed E-state index contributed by atoms with van der Waals surface area (Å²) in [4.78, 5) is 23.0. The summed E-state index contributed by atoms with van der Waals surface area (Å²) < 4.78 is 5.23. The van der Waals surface area contributed by atoms with Gasteiger partial charge in [0.1, 0.15) is 5.75 Å². The first kappa shape index (κ1) is 15.9. The van der Waals surface area contributed by atoms with Crippen LogP contribution >= 0.6 is 11.6 Å². The van der Waals surface area contributed by atoms with Gasteiger partial charge in [-0.1, -0.05) is 41.9 Å². The van der Waals surface area contributed by atoms with Crippen molar-refractivity contribution >= 4 is 23.4 Å². The van der Waals surface area contributed by atoms with Gasteiger partial charge in [-0.25, -0.2) is 0 Å². The number of hydrogen-bond acceptors (Lipinski definition) is 3. The molecule has 0 unspecified atom stereocenters. The molecule has 0 saturated carbocycles. The van der Waals surface area contributed by atoms with Gasteiger partial charge in [0.05, 0.1) is 5.56 Å². The summed E-state index contributed by atoms with van der Waals surface area (Å²) in [5.41, 5.74) is 6.18. The lowest BCUT2D eigenvalue weighted by Gasteiger charge is -2.11. The molecular formula is C16H15ClN2O3. The first-order valence-corrected chi connectivity index (χ1v) is 6.97. The number of para-hydroxylation sites is 1. The van der Waals surface area contributed by atoms with Gasteiger partial charge in [-0.2, -0.15) is 0 Å². The van der Waals surface area contributed by atoms with Crippen LogP contribution in [-0.4, -0.2) is 18.4 Å². The molecule has 3 N–H and O–H groups in total. The first-order valence-electron chi connectivity index (χ1n) is 6.59. The van der Waals surface area contributed by atoms with E-state index in [-0.39, 0.29) is 12.5 Å². The lowest BCUT2D eigenvalue weighted by Crippen LogP contribution is -2.25. The molecule has 0 aliphatic rings. The van der Waals surface area contributed by atoms with Crippen molar-refractivity contribution in [2.24, 2.45) is 5.73 Å². The monoisotopic (exact) mass is 318 g/mol. The predicted molar refractivity (Wildman–Crippen MR) is 83.8 cm³/mol. The number of nitrogens with one attached hydrogen (secondary N) is 1. The standard InChI is InChI=1S/C16H15ClN2O3/c17-13-7-3-1-5-11(13)9-19-16(21)12-6-2-4-8-14(12)22-10-15(18)20/h1-8H,9-10H2,(H2,18,20)(H,19,21). The second-order valence-corrected chi connectivity index (χ2v) is 4.93. The molecule has 2 amide bonds. The highest BCUT2D eigenvalue weighted by Crippen LogP contribution is 2.19. The Morgan fingerprint density at radius 1 is 1.09 bits per heavy atom. The molecule has 0 fully saturated rings. The number of hydrogen-bond donors (Lipinski definition) is 2. The van der Waals surface area contributed by atoms with E-state index in [1.165, 1.54) is 0 Å². The van der Waals surface area contributed by atoms with Crippen LogP contribution in [0.4, 0.5) is 0 Å². The highest BCUT2D eigenvalue weighted by molar-refractivity contribution is 6.31. The normalized spacial score (nSPS) is 10.0. The molecule has 0 saturated heterocycles. The number of benzene rings is 2. The molecule has 0 aromatic heterocycles. The molecule has 0 aliphatic heterocycles. The Morgan fingerprint density at radius 3 is 2.50 bits per heavy atom. The van der Waals surface area contributed by atoms with Crippen molar-refractivity contribution in [3.63, 3.8) is 0 Å². The molecule has 0 spiro atoms. The molecule has 2 rings (SSSR count). The van der Waals surface area contributed by atoms with Crippen LogP contribution in [0.15, 0.2) is 48.5 Å². The zero-order chi connectivity index (χ0) is 15.9. The Morgan fingerprint density at radius 2 is 1.77 bits per heavy atom. The highest BCUT2D eigenvalue weighted by Gasteiger charge is 2.13. The largest absolute Gasteiger partial charge is 0.483 e. The number of carbonyl (C=O) groups excluding carboxylic acids is 2. The molecule has 0 bridgehead atoms. The van der Waals surface area contributed by atoms with Crippen molar-refractivity contribution in [3.05, 3.63) is 64.7 Å². The minimum atomic E-state index is -0.605. The Balaban J connectivity index is 2.06. The number of primary amides is 1. The summed E-state index contributed by atoms with van der Waals surface area (Å²) in [5.74, 6) is -0.621. The Labute approximate surface area is 133 Å². The van der Waals surface area contributed by atoms with E-state index in [0.717, 1.165) is 5.56 Å². The third-order valence-corrected chi connectivity index (χ3v) is 3.27. The maximum Gasteiger partial charge on any atom is 0.255 e. The van der Waals surface area contributed by atoms with Crippen molar-refractivity contribution in [3.8, 4) is 5.75 Å². The molecule has 0 atom stereocenters. The zero-order valence-corrected chi connectivity index (χ0v) is 12.5. The van der Waals surface area contributed by atoms with E-state index in [4.69, 9.17) is 22.1 Å². The molecule has 5 nitrogen and oxygen atoms in total. The van der Waals surface area contributed by atoms with Crippen LogP contribution in [0.2, 0.25) is 5.02 Å². The fourth-order valence-corrected chi connectivity index (χ4v) is 2.04. The fraction of sp³-hybridized carbons (Fsp3) is 0.125. The van der Waals surface area contributed by atoms with Gasteiger partial charge in [0.15, 0.2) is 6.61 Å². The van der Waals surface area contributed by atoms with Crippen LogP contribution in [0.25, 0.3) is 0 Å². The van der Waals surface area contributed by atoms with E-state index in [1.54, 1.807) is 30.3 Å². The minimum Gasteiger partial charge on any atom is -0.483 e. The lowest BCUT2D eigenvalue weighted by molar-refractivity contribution is -0.119. The summed E-state index contributed by atoms with van der Waals surface area (Å²) in [7, 11) is 0. The highest BCUT2D eigenvalue weighted by atomic mass is 35.5. The van der Waals surface area contributed by atoms with Crippen molar-refractivity contribution in [2.45, 2.75) is 6.54 Å². The van der Waals surface area contributed by atoms with E-state index in [9.17, 15) is 9.59 Å². The molecule has 22 heavy (non-hydrogen) atoms. The smallest absolute Gasteiger partial charge is 0.255 e. The van der Waals surface area contributed by atoms with Crippen LogP contribution < -0.4 is 15.8 Å². The topological polar surface area (TPSA) is 81.4 Å². The second-order valence-electron chi connectivity index (χ2n) is 4.53. The fourth-order valence-electron chi connectivity index (χ4n) is 1.84. The van der Waals surface area contributed by atoms with Crippen molar-refractivity contribution in [2.75, 3.05) is 6.61 Å². The molecule has 0 radical (unpaired) electrons. The average Bonchev–Trinajstić information content (AvgIpc) is 2.52. The van der Waals surface area contributed by atoms with E-state index >= 15 is 0 Å². The first-order chi connectivity index (χ1) is 10.6. The molecular weight excluding hydrogens is 304 g/mol. The Hall–Kier alpha value is -2.53. The lowest BCUT2D eigenvalue weighted by atomic mass is 10.1. The van der Waals surface area contributed by atoms with E-state index in [1.807, 2.05) is 18.2 Å². The molecule has 0 aliphatic carbocycles. The third kappa shape index (κ3) is 4.23. The van der Waals surface area contributed by atoms with Crippen LogP contribution in [0.3, 0.4) is 0 Å². The molecule has 6 heteroatoms. The number of nitrogens with two attached hydrogens (primary N) is 1. The maximum absolute atomic E-state index is 12.2. The maximum atomic E-state index is 12.2. The summed E-state index contributed by atoms with van der Waals surface area (Å²) in [6.45, 7) is 0.0114. The summed E-state index contributed by atoms with van der Waals surface area (Å²) >= 11 is 6.04. The Bertz CT molecular complexity index is 689. The van der Waals surface area contributed by atoms with Crippen LogP contribution in [0.1, 0.15) is 15.9 Å². The van der Waals surface area contributed by atoms with Gasteiger partial charge < -0.3 is 15.8 Å². The summed E-state index contributed by atoms with van der Waals surface area (Å²) in [6.07, 6.45) is 0.